The van der Waals surface area contributed by atoms with Gasteiger partial charge in [-0.1, -0.05) is 17.6 Å². The Morgan fingerprint density at radius 2 is 1.86 bits per heavy atom. The third kappa shape index (κ3) is 2.87. The minimum Gasteiger partial charge on any atom is -0.444 e. The van der Waals surface area contributed by atoms with Crippen molar-refractivity contribution in [1.82, 2.24) is 4.90 Å². The van der Waals surface area contributed by atoms with Crippen molar-refractivity contribution in [3.8, 4) is 0 Å². The fourth-order valence-corrected chi connectivity index (χ4v) is 3.26. The highest BCUT2D eigenvalue weighted by Gasteiger charge is 2.46. The number of carbonyl (C=O) groups excluding carboxylic acids is 1. The van der Waals surface area contributed by atoms with Gasteiger partial charge in [-0.25, -0.2) is 4.79 Å². The molecule has 5 heteroatoms. The number of ether oxygens (including phenoxy) is 1. The summed E-state index contributed by atoms with van der Waals surface area (Å²) < 4.78 is 5.50. The summed E-state index contributed by atoms with van der Waals surface area (Å²) in [7, 11) is 2.10. The molecule has 2 fully saturated rings. The Kier molecular flexibility index (Phi) is 3.38. The number of likely N-dealkylation sites (tertiary alicyclic amines) is 1. The summed E-state index contributed by atoms with van der Waals surface area (Å²) in [4.78, 5) is 16.5. The fraction of sp³-hybridized carbons (Fsp3) is 0.562. The average Bonchev–Trinajstić information content (AvgIpc) is 2.97. The molecule has 2 saturated heterocycles. The molecule has 1 aromatic carbocycles. The molecule has 3 rings (SSSR count). The third-order valence-corrected chi connectivity index (χ3v) is 4.23. The lowest BCUT2D eigenvalue weighted by Gasteiger charge is -2.36. The zero-order chi connectivity index (χ0) is 15.2. The highest BCUT2D eigenvalue weighted by molar-refractivity contribution is 6.32. The summed E-state index contributed by atoms with van der Waals surface area (Å²) in [6.45, 7) is 7.42. The van der Waals surface area contributed by atoms with Crippen LogP contribution in [0.5, 0.6) is 0 Å². The molecule has 0 aromatic heterocycles. The number of amides is 1. The molecule has 2 heterocycles. The molecule has 112 valence electrons. The summed E-state index contributed by atoms with van der Waals surface area (Å²) in [5, 5.41) is 0. The van der Waals surface area contributed by atoms with Gasteiger partial charge in [-0.15, -0.1) is 0 Å². The summed E-state index contributed by atoms with van der Waals surface area (Å²) in [6, 6.07) is 9.35. The zero-order valence-electron chi connectivity index (χ0n) is 13.3. The number of hydrogen-bond donors (Lipinski definition) is 0. The molecule has 0 radical (unpaired) electrons. The zero-order valence-corrected chi connectivity index (χ0v) is 13.3. The molecule has 0 spiro atoms. The van der Waals surface area contributed by atoms with Crippen LogP contribution in [0, 0.1) is 0 Å². The first kappa shape index (κ1) is 14.3. The predicted octanol–water partition coefficient (Wildman–Crippen LogP) is 1.14. The Bertz CT molecular complexity index is 538. The SMILES string of the molecule is Bc1ccc(N2C[C@@H]3C[C@H]2CN3C(=O)OC(C)(C)C)cc1. The smallest absolute Gasteiger partial charge is 0.410 e. The van der Waals surface area contributed by atoms with E-state index in [1.165, 1.54) is 11.2 Å². The predicted molar refractivity (Wildman–Crippen MR) is 87.1 cm³/mol. The van der Waals surface area contributed by atoms with Gasteiger partial charge in [0.1, 0.15) is 13.4 Å². The summed E-state index contributed by atoms with van der Waals surface area (Å²) >= 11 is 0. The largest absolute Gasteiger partial charge is 0.444 e. The van der Waals surface area contributed by atoms with Crippen molar-refractivity contribution < 1.29 is 9.53 Å². The maximum Gasteiger partial charge on any atom is 0.410 e. The van der Waals surface area contributed by atoms with Crippen molar-refractivity contribution in [2.24, 2.45) is 0 Å². The van der Waals surface area contributed by atoms with E-state index in [4.69, 9.17) is 4.74 Å². The maximum absolute atomic E-state index is 12.2. The summed E-state index contributed by atoms with van der Waals surface area (Å²) in [5.74, 6) is 0. The standard InChI is InChI=1S/C16H23BN2O2/c1-16(2,3)21-15(20)19-10-13-8-14(19)9-18(13)12-6-4-11(17)5-7-12/h4-7,13-14H,8-10,17H2,1-3H3/t13-,14-/m0/s1. The first-order valence-electron chi connectivity index (χ1n) is 7.66. The lowest BCUT2D eigenvalue weighted by molar-refractivity contribution is 0.0215. The number of hydrogen-bond acceptors (Lipinski definition) is 3. The van der Waals surface area contributed by atoms with Crippen LogP contribution in [0.15, 0.2) is 24.3 Å². The number of carbonyl (C=O) groups is 1. The van der Waals surface area contributed by atoms with Crippen LogP contribution >= 0.6 is 0 Å². The van der Waals surface area contributed by atoms with Gasteiger partial charge in [0.15, 0.2) is 0 Å². The first-order chi connectivity index (χ1) is 9.83. The second-order valence-electron chi connectivity index (χ2n) is 7.16. The lowest BCUT2D eigenvalue weighted by Crippen LogP contribution is -2.50. The topological polar surface area (TPSA) is 32.8 Å². The molecule has 0 aliphatic carbocycles. The van der Waals surface area contributed by atoms with Crippen molar-refractivity contribution in [2.45, 2.75) is 44.9 Å². The highest BCUT2D eigenvalue weighted by Crippen LogP contribution is 2.35. The minimum atomic E-state index is -0.421. The quantitative estimate of drug-likeness (QED) is 0.726. The summed E-state index contributed by atoms with van der Waals surface area (Å²) in [6.07, 6.45) is 0.881. The number of fused-ring (bicyclic) bond motifs is 2. The van der Waals surface area contributed by atoms with E-state index in [0.717, 1.165) is 19.5 Å². The normalized spacial score (nSPS) is 24.5. The Labute approximate surface area is 127 Å². The highest BCUT2D eigenvalue weighted by atomic mass is 16.6. The van der Waals surface area contributed by atoms with E-state index in [1.54, 1.807) is 0 Å². The molecular weight excluding hydrogens is 263 g/mol. The van der Waals surface area contributed by atoms with Gasteiger partial charge in [0.25, 0.3) is 0 Å². The second kappa shape index (κ2) is 4.97. The molecule has 2 atom stereocenters. The van der Waals surface area contributed by atoms with Crippen molar-refractivity contribution >= 4 is 25.1 Å². The van der Waals surface area contributed by atoms with Gasteiger partial charge in [-0.3, -0.25) is 0 Å². The fourth-order valence-electron chi connectivity index (χ4n) is 3.26. The first-order valence-corrected chi connectivity index (χ1v) is 7.66. The van der Waals surface area contributed by atoms with Crippen LogP contribution in [0.1, 0.15) is 27.2 Å². The molecule has 21 heavy (non-hydrogen) atoms. The molecule has 2 aliphatic heterocycles. The number of benzene rings is 1. The second-order valence-corrected chi connectivity index (χ2v) is 7.16. The van der Waals surface area contributed by atoms with Crippen molar-refractivity contribution in [2.75, 3.05) is 18.0 Å². The Morgan fingerprint density at radius 3 is 2.38 bits per heavy atom. The molecule has 2 aliphatic rings. The Morgan fingerprint density at radius 1 is 1.19 bits per heavy atom. The van der Waals surface area contributed by atoms with Gasteiger partial charge < -0.3 is 14.5 Å². The van der Waals surface area contributed by atoms with E-state index in [1.807, 2.05) is 25.7 Å². The average molecular weight is 286 g/mol. The van der Waals surface area contributed by atoms with Gasteiger partial charge in [0.05, 0.1) is 6.04 Å². The lowest BCUT2D eigenvalue weighted by atomic mass is 9.96. The van der Waals surface area contributed by atoms with E-state index in [2.05, 4.69) is 37.0 Å². The van der Waals surface area contributed by atoms with E-state index >= 15 is 0 Å². The molecule has 1 amide bonds. The minimum absolute atomic E-state index is 0.168. The molecule has 1 aromatic rings. The number of anilines is 1. The van der Waals surface area contributed by atoms with Crippen molar-refractivity contribution in [1.29, 1.82) is 0 Å². The molecule has 0 N–H and O–H groups in total. The van der Waals surface area contributed by atoms with Gasteiger partial charge in [0, 0.05) is 24.8 Å². The van der Waals surface area contributed by atoms with Gasteiger partial charge in [-0.2, -0.15) is 0 Å². The molecule has 0 saturated carbocycles. The van der Waals surface area contributed by atoms with Crippen LogP contribution in [0.4, 0.5) is 10.5 Å². The Hall–Kier alpha value is -1.65. The van der Waals surface area contributed by atoms with E-state index in [0.29, 0.717) is 6.04 Å². The van der Waals surface area contributed by atoms with E-state index in [-0.39, 0.29) is 12.1 Å². The van der Waals surface area contributed by atoms with Gasteiger partial charge in [-0.05, 0) is 39.3 Å². The Balaban J connectivity index is 1.66. The van der Waals surface area contributed by atoms with Crippen molar-refractivity contribution in [3.05, 3.63) is 24.3 Å². The molecule has 0 unspecified atom stereocenters. The van der Waals surface area contributed by atoms with Crippen LogP contribution in [0.2, 0.25) is 0 Å². The van der Waals surface area contributed by atoms with Crippen LogP contribution < -0.4 is 10.4 Å². The maximum atomic E-state index is 12.2. The van der Waals surface area contributed by atoms with E-state index in [9.17, 15) is 4.79 Å². The number of nitrogens with zero attached hydrogens (tertiary/aromatic N) is 2. The van der Waals surface area contributed by atoms with Crippen molar-refractivity contribution in [3.63, 3.8) is 0 Å². The van der Waals surface area contributed by atoms with Crippen LogP contribution in [-0.2, 0) is 4.74 Å². The number of rotatable bonds is 1. The van der Waals surface area contributed by atoms with Gasteiger partial charge >= 0.3 is 6.09 Å². The van der Waals surface area contributed by atoms with E-state index < -0.39 is 5.60 Å². The summed E-state index contributed by atoms with van der Waals surface area (Å²) in [5.41, 5.74) is 2.12. The molecular formula is C16H23BN2O2. The van der Waals surface area contributed by atoms with Crippen LogP contribution in [0.25, 0.3) is 0 Å². The van der Waals surface area contributed by atoms with Crippen LogP contribution in [0.3, 0.4) is 0 Å². The molecule has 2 bridgehead atoms. The number of piperazine rings is 1. The monoisotopic (exact) mass is 286 g/mol. The third-order valence-electron chi connectivity index (χ3n) is 4.23. The molecule has 4 nitrogen and oxygen atoms in total. The van der Waals surface area contributed by atoms with Gasteiger partial charge in [0.2, 0.25) is 0 Å². The van der Waals surface area contributed by atoms with Crippen LogP contribution in [-0.4, -0.2) is 49.6 Å².